The topological polar surface area (TPSA) is 73.9 Å². The molecule has 0 aromatic heterocycles. The molecular weight excluding hydrogens is 391 g/mol. The molecule has 6 nitrogen and oxygen atoms in total. The molecule has 0 aliphatic rings. The van der Waals surface area contributed by atoms with Crippen molar-refractivity contribution in [1.82, 2.24) is 5.32 Å². The van der Waals surface area contributed by atoms with Gasteiger partial charge in [-0.05, 0) is 59.6 Å². The van der Waals surface area contributed by atoms with Gasteiger partial charge in [0.05, 0.1) is 6.61 Å². The van der Waals surface area contributed by atoms with Gasteiger partial charge in [-0.3, -0.25) is 0 Å². The van der Waals surface area contributed by atoms with Gasteiger partial charge in [-0.2, -0.15) is 0 Å². The number of alkyl carbamates (subject to hydrolysis) is 1. The van der Waals surface area contributed by atoms with Gasteiger partial charge in [0.15, 0.2) is 11.6 Å². The van der Waals surface area contributed by atoms with Crippen LogP contribution in [0.4, 0.5) is 22.8 Å². The highest BCUT2D eigenvalue weighted by Crippen LogP contribution is 2.17. The first-order valence-corrected chi connectivity index (χ1v) is 9.15. The highest BCUT2D eigenvalue weighted by atomic mass is 19.2. The molecule has 0 unspecified atom stereocenters. The minimum Gasteiger partial charge on any atom is -0.444 e. The Bertz CT molecular complexity index is 726. The van der Waals surface area contributed by atoms with Crippen LogP contribution in [0, 0.1) is 17.5 Å². The number of ether oxygens (including phenoxy) is 3. The van der Waals surface area contributed by atoms with Gasteiger partial charge in [-0.15, -0.1) is 0 Å². The maximum atomic E-state index is 14.0. The van der Waals surface area contributed by atoms with Crippen LogP contribution in [-0.2, 0) is 20.6 Å². The summed E-state index contributed by atoms with van der Waals surface area (Å²) in [6.45, 7) is 9.88. The first kappa shape index (κ1) is 24.6. The number of hydrogen-bond donors (Lipinski definition) is 1. The van der Waals surface area contributed by atoms with Crippen molar-refractivity contribution in [1.29, 1.82) is 0 Å². The van der Waals surface area contributed by atoms with E-state index in [1.807, 2.05) is 0 Å². The Labute approximate surface area is 168 Å². The Morgan fingerprint density at radius 3 is 2.03 bits per heavy atom. The predicted molar refractivity (Wildman–Crippen MR) is 100.0 cm³/mol. The third kappa shape index (κ3) is 10.0. The summed E-state index contributed by atoms with van der Waals surface area (Å²) in [4.78, 5) is 23.7. The molecular formula is C20H28F3NO5. The number of rotatable bonds is 6. The van der Waals surface area contributed by atoms with E-state index in [4.69, 9.17) is 14.2 Å². The summed E-state index contributed by atoms with van der Waals surface area (Å²) in [5.74, 6) is -3.47. The largest absolute Gasteiger partial charge is 0.508 e. The van der Waals surface area contributed by atoms with Gasteiger partial charge in [0.1, 0.15) is 17.0 Å². The highest BCUT2D eigenvalue weighted by molar-refractivity contribution is 5.68. The molecule has 1 amide bonds. The molecule has 0 aliphatic carbocycles. The molecule has 0 fully saturated rings. The third-order valence-electron chi connectivity index (χ3n) is 3.35. The van der Waals surface area contributed by atoms with Crippen molar-refractivity contribution in [2.24, 2.45) is 0 Å². The summed E-state index contributed by atoms with van der Waals surface area (Å²) >= 11 is 0. The maximum absolute atomic E-state index is 14.0. The fourth-order valence-electron chi connectivity index (χ4n) is 2.25. The minimum absolute atomic E-state index is 0.0664. The van der Waals surface area contributed by atoms with Gasteiger partial charge in [0.25, 0.3) is 0 Å². The summed E-state index contributed by atoms with van der Waals surface area (Å²) in [7, 11) is 0. The van der Waals surface area contributed by atoms with Crippen molar-refractivity contribution in [2.75, 3.05) is 6.61 Å². The maximum Gasteiger partial charge on any atom is 0.508 e. The summed E-state index contributed by atoms with van der Waals surface area (Å²) in [5.41, 5.74) is -1.64. The van der Waals surface area contributed by atoms with Gasteiger partial charge < -0.3 is 19.5 Å². The average molecular weight is 419 g/mol. The van der Waals surface area contributed by atoms with E-state index in [0.717, 1.165) is 6.07 Å². The molecule has 0 aliphatic heterocycles. The van der Waals surface area contributed by atoms with Gasteiger partial charge in [-0.1, -0.05) is 0 Å². The molecule has 29 heavy (non-hydrogen) atoms. The third-order valence-corrected chi connectivity index (χ3v) is 3.35. The molecule has 9 heteroatoms. The first-order chi connectivity index (χ1) is 13.2. The molecule has 1 aromatic carbocycles. The van der Waals surface area contributed by atoms with Crippen LogP contribution in [0.25, 0.3) is 0 Å². The summed E-state index contributed by atoms with van der Waals surface area (Å²) < 4.78 is 55.7. The number of benzene rings is 1. The molecule has 164 valence electrons. The second-order valence-electron chi connectivity index (χ2n) is 8.51. The van der Waals surface area contributed by atoms with E-state index in [2.05, 4.69) is 5.32 Å². The lowest BCUT2D eigenvalue weighted by molar-refractivity contribution is -0.00843. The predicted octanol–water partition coefficient (Wildman–Crippen LogP) is 4.88. The standard InChI is InChI=1S/C20H28F3NO5/c1-19(2,3)28-17(25)24-13(7-8-27-18(26)29-20(4,5)6)9-12-10-15(22)16(23)11-14(12)21/h10-11,13H,7-9H2,1-6H3,(H,24,25)/t13-/m0/s1. The molecule has 0 bridgehead atoms. The van der Waals surface area contributed by atoms with Crippen LogP contribution < -0.4 is 5.32 Å². The number of halogens is 3. The Morgan fingerprint density at radius 2 is 1.48 bits per heavy atom. The molecule has 0 saturated heterocycles. The molecule has 1 aromatic rings. The number of amides is 1. The summed E-state index contributed by atoms with van der Waals surface area (Å²) in [6.07, 6.45) is -1.77. The Hall–Kier alpha value is -2.45. The zero-order valence-electron chi connectivity index (χ0n) is 17.5. The lowest BCUT2D eigenvalue weighted by atomic mass is 10.0. The molecule has 0 spiro atoms. The van der Waals surface area contributed by atoms with E-state index in [1.54, 1.807) is 41.5 Å². The summed E-state index contributed by atoms with van der Waals surface area (Å²) in [5, 5.41) is 2.53. The Kier molecular flexibility index (Phi) is 8.35. The second-order valence-corrected chi connectivity index (χ2v) is 8.51. The Balaban J connectivity index is 2.82. The lowest BCUT2D eigenvalue weighted by Crippen LogP contribution is -2.41. The van der Waals surface area contributed by atoms with E-state index in [1.165, 1.54) is 0 Å². The minimum atomic E-state index is -1.31. The van der Waals surface area contributed by atoms with Gasteiger partial charge >= 0.3 is 12.2 Å². The van der Waals surface area contributed by atoms with E-state index in [9.17, 15) is 22.8 Å². The van der Waals surface area contributed by atoms with E-state index in [-0.39, 0.29) is 25.0 Å². The van der Waals surface area contributed by atoms with Crippen LogP contribution in [0.3, 0.4) is 0 Å². The number of carbonyl (C=O) groups is 2. The van der Waals surface area contributed by atoms with Crippen LogP contribution in [0.5, 0.6) is 0 Å². The summed E-state index contributed by atoms with van der Waals surface area (Å²) in [6, 6.07) is 0.391. The van der Waals surface area contributed by atoms with E-state index < -0.39 is 46.9 Å². The quantitative estimate of drug-likeness (QED) is 0.525. The molecule has 1 atom stereocenters. The normalized spacial score (nSPS) is 12.9. The smallest absolute Gasteiger partial charge is 0.444 e. The van der Waals surface area contributed by atoms with Crippen LogP contribution >= 0.6 is 0 Å². The van der Waals surface area contributed by atoms with E-state index >= 15 is 0 Å². The second kappa shape index (κ2) is 9.84. The average Bonchev–Trinajstić information content (AvgIpc) is 2.48. The molecule has 1 N–H and O–H groups in total. The van der Waals surface area contributed by atoms with Crippen LogP contribution in [-0.4, -0.2) is 36.1 Å². The van der Waals surface area contributed by atoms with Crippen molar-refractivity contribution in [3.63, 3.8) is 0 Å². The fraction of sp³-hybridized carbons (Fsp3) is 0.600. The van der Waals surface area contributed by atoms with Crippen LogP contribution in [0.15, 0.2) is 12.1 Å². The highest BCUT2D eigenvalue weighted by Gasteiger charge is 2.23. The lowest BCUT2D eigenvalue weighted by Gasteiger charge is -2.24. The van der Waals surface area contributed by atoms with Crippen molar-refractivity contribution in [3.8, 4) is 0 Å². The zero-order valence-corrected chi connectivity index (χ0v) is 17.5. The van der Waals surface area contributed by atoms with Crippen molar-refractivity contribution < 1.29 is 37.0 Å². The van der Waals surface area contributed by atoms with Crippen molar-refractivity contribution in [2.45, 2.75) is 71.6 Å². The van der Waals surface area contributed by atoms with E-state index in [0.29, 0.717) is 6.07 Å². The monoisotopic (exact) mass is 419 g/mol. The van der Waals surface area contributed by atoms with Gasteiger partial charge in [0, 0.05) is 18.5 Å². The van der Waals surface area contributed by atoms with Gasteiger partial charge in [-0.25, -0.2) is 22.8 Å². The number of nitrogens with one attached hydrogen (secondary N) is 1. The van der Waals surface area contributed by atoms with Crippen molar-refractivity contribution >= 4 is 12.2 Å². The molecule has 0 saturated carbocycles. The van der Waals surface area contributed by atoms with Gasteiger partial charge in [0.2, 0.25) is 0 Å². The van der Waals surface area contributed by atoms with Crippen LogP contribution in [0.2, 0.25) is 0 Å². The Morgan fingerprint density at radius 1 is 0.931 bits per heavy atom. The zero-order chi connectivity index (χ0) is 22.4. The van der Waals surface area contributed by atoms with Crippen LogP contribution in [0.1, 0.15) is 53.5 Å². The molecule has 1 rings (SSSR count). The number of carbonyl (C=O) groups excluding carboxylic acids is 2. The molecule has 0 radical (unpaired) electrons. The molecule has 0 heterocycles. The SMILES string of the molecule is CC(C)(C)OC(=O)N[C@@H](CCOC(=O)OC(C)(C)C)Cc1cc(F)c(F)cc1F. The number of hydrogen-bond acceptors (Lipinski definition) is 5. The first-order valence-electron chi connectivity index (χ1n) is 9.15. The fourth-order valence-corrected chi connectivity index (χ4v) is 2.25. The van der Waals surface area contributed by atoms with Crippen molar-refractivity contribution in [3.05, 3.63) is 35.1 Å².